The third-order valence-electron chi connectivity index (χ3n) is 4.64. The van der Waals surface area contributed by atoms with Gasteiger partial charge in [-0.3, -0.25) is 9.79 Å². The van der Waals surface area contributed by atoms with E-state index in [1.807, 2.05) is 17.0 Å². The average Bonchev–Trinajstić information content (AvgIpc) is 3.21. The molecule has 2 aliphatic heterocycles. The molecule has 1 atom stereocenters. The summed E-state index contributed by atoms with van der Waals surface area (Å²) in [7, 11) is 1.57. The summed E-state index contributed by atoms with van der Waals surface area (Å²) in [5.74, 6) is 2.03. The van der Waals surface area contributed by atoms with Crippen molar-refractivity contribution < 1.29 is 13.9 Å². The van der Waals surface area contributed by atoms with E-state index in [0.29, 0.717) is 34.2 Å². The molecule has 7 heteroatoms. The average molecular weight is 352 g/mol. The lowest BCUT2D eigenvalue weighted by Gasteiger charge is -2.18. The molecule has 0 aliphatic carbocycles. The van der Waals surface area contributed by atoms with Crippen LogP contribution in [0.15, 0.2) is 38.7 Å². The minimum absolute atomic E-state index is 0.197. The van der Waals surface area contributed by atoms with E-state index in [1.54, 1.807) is 32.5 Å². The third-order valence-corrected chi connectivity index (χ3v) is 4.64. The van der Waals surface area contributed by atoms with Crippen molar-refractivity contribution in [3.8, 4) is 5.75 Å². The molecule has 0 spiro atoms. The number of aryl methyl sites for hydroxylation is 1. The van der Waals surface area contributed by atoms with E-state index in [9.17, 15) is 4.79 Å². The van der Waals surface area contributed by atoms with Gasteiger partial charge in [0.05, 0.1) is 30.0 Å². The number of aliphatic imine (C=N–C) groups is 2. The zero-order chi connectivity index (χ0) is 18.3. The van der Waals surface area contributed by atoms with Gasteiger partial charge in [0.2, 0.25) is 5.88 Å². The molecule has 4 rings (SSSR count). The van der Waals surface area contributed by atoms with E-state index in [1.165, 1.54) is 0 Å². The first kappa shape index (κ1) is 16.4. The van der Waals surface area contributed by atoms with E-state index < -0.39 is 0 Å². The highest BCUT2D eigenvalue weighted by atomic mass is 16.5. The molecule has 7 nitrogen and oxygen atoms in total. The standard InChI is InChI=1S/C19H20N4O3/c1-4-12-9-23-10-20-19-16(17(23)21-12)15(11(2)26-19)18(24)22-13-7-5-6-8-14(13)25-3/h5-8,10,12H,4,9H2,1-3H3,(H,22,24). The van der Waals surface area contributed by atoms with Gasteiger partial charge in [0, 0.05) is 6.54 Å². The molecule has 134 valence electrons. The molecule has 0 saturated carbocycles. The van der Waals surface area contributed by atoms with E-state index in [4.69, 9.17) is 14.1 Å². The molecule has 26 heavy (non-hydrogen) atoms. The van der Waals surface area contributed by atoms with Gasteiger partial charge >= 0.3 is 0 Å². The molecule has 2 aromatic rings. The summed E-state index contributed by atoms with van der Waals surface area (Å²) < 4.78 is 11.0. The highest BCUT2D eigenvalue weighted by Gasteiger charge is 2.36. The van der Waals surface area contributed by atoms with E-state index >= 15 is 0 Å². The molecule has 1 amide bonds. The molecule has 3 heterocycles. The van der Waals surface area contributed by atoms with Crippen LogP contribution in [0.5, 0.6) is 5.75 Å². The molecule has 0 saturated heterocycles. The van der Waals surface area contributed by atoms with Crippen LogP contribution in [0.1, 0.15) is 35.0 Å². The minimum Gasteiger partial charge on any atom is -0.495 e. The number of benzene rings is 1. The Morgan fingerprint density at radius 1 is 1.42 bits per heavy atom. The van der Waals surface area contributed by atoms with Gasteiger partial charge in [-0.15, -0.1) is 0 Å². The SMILES string of the molecule is CCC1CN2C=Nc3oc(C)c(C(=O)Nc4ccccc4OC)c3C2=N1. The molecule has 1 aromatic heterocycles. The van der Waals surface area contributed by atoms with Gasteiger partial charge in [-0.1, -0.05) is 19.1 Å². The van der Waals surface area contributed by atoms with Gasteiger partial charge in [0.15, 0.2) is 0 Å². The number of para-hydroxylation sites is 2. The van der Waals surface area contributed by atoms with E-state index in [-0.39, 0.29) is 11.9 Å². The number of anilines is 1. The van der Waals surface area contributed by atoms with Crippen molar-refractivity contribution in [2.75, 3.05) is 19.0 Å². The van der Waals surface area contributed by atoms with Crippen LogP contribution in [-0.4, -0.2) is 42.7 Å². The van der Waals surface area contributed by atoms with Crippen molar-refractivity contribution in [3.63, 3.8) is 0 Å². The zero-order valence-electron chi connectivity index (χ0n) is 14.9. The molecule has 1 unspecified atom stereocenters. The lowest BCUT2D eigenvalue weighted by molar-refractivity contribution is 0.102. The number of carbonyl (C=O) groups excluding carboxylic acids is 1. The predicted octanol–water partition coefficient (Wildman–Crippen LogP) is 3.36. The molecule has 1 aromatic carbocycles. The summed E-state index contributed by atoms with van der Waals surface area (Å²) in [6, 6.07) is 7.48. The van der Waals surface area contributed by atoms with Gasteiger partial charge in [-0.05, 0) is 25.5 Å². The first-order valence-electron chi connectivity index (χ1n) is 8.59. The number of ether oxygens (including phenoxy) is 1. The zero-order valence-corrected chi connectivity index (χ0v) is 14.9. The number of rotatable bonds is 4. The second-order valence-corrected chi connectivity index (χ2v) is 6.28. The van der Waals surface area contributed by atoms with Crippen molar-refractivity contribution >= 4 is 29.7 Å². The Morgan fingerprint density at radius 2 is 2.23 bits per heavy atom. The largest absolute Gasteiger partial charge is 0.495 e. The van der Waals surface area contributed by atoms with Crippen LogP contribution in [0.2, 0.25) is 0 Å². The summed E-state index contributed by atoms with van der Waals surface area (Å²) in [6.45, 7) is 4.63. The fourth-order valence-corrected chi connectivity index (χ4v) is 3.29. The number of furan rings is 1. The number of carbonyl (C=O) groups is 1. The van der Waals surface area contributed by atoms with Crippen LogP contribution >= 0.6 is 0 Å². The maximum absolute atomic E-state index is 13.0. The molecule has 2 aliphatic rings. The Labute approximate surface area is 151 Å². The predicted molar refractivity (Wildman–Crippen MR) is 99.9 cm³/mol. The Balaban J connectivity index is 1.74. The molecule has 1 N–H and O–H groups in total. The number of nitrogens with zero attached hydrogens (tertiary/aromatic N) is 3. The molecule has 0 bridgehead atoms. The molecular formula is C19H20N4O3. The lowest BCUT2D eigenvalue weighted by Crippen LogP contribution is -2.31. The van der Waals surface area contributed by atoms with Gasteiger partial charge < -0.3 is 19.4 Å². The highest BCUT2D eigenvalue weighted by Crippen LogP contribution is 2.36. The fraction of sp³-hybridized carbons (Fsp3) is 0.316. The fourth-order valence-electron chi connectivity index (χ4n) is 3.29. The summed E-state index contributed by atoms with van der Waals surface area (Å²) in [6.07, 6.45) is 2.66. The van der Waals surface area contributed by atoms with E-state index in [0.717, 1.165) is 18.8 Å². The van der Waals surface area contributed by atoms with Crippen molar-refractivity contribution in [2.45, 2.75) is 26.3 Å². The Kier molecular flexibility index (Phi) is 3.99. The van der Waals surface area contributed by atoms with Crippen LogP contribution in [0.4, 0.5) is 11.6 Å². The van der Waals surface area contributed by atoms with Gasteiger partial charge in [0.1, 0.15) is 23.7 Å². The smallest absolute Gasteiger partial charge is 0.260 e. The summed E-state index contributed by atoms with van der Waals surface area (Å²) in [4.78, 5) is 24.1. The maximum atomic E-state index is 13.0. The van der Waals surface area contributed by atoms with Gasteiger partial charge in [0.25, 0.3) is 5.91 Å². The topological polar surface area (TPSA) is 79.4 Å². The van der Waals surface area contributed by atoms with Crippen LogP contribution in [0, 0.1) is 6.92 Å². The Morgan fingerprint density at radius 3 is 3.00 bits per heavy atom. The Hall–Kier alpha value is -3.09. The van der Waals surface area contributed by atoms with Gasteiger partial charge in [-0.2, -0.15) is 0 Å². The molecular weight excluding hydrogens is 332 g/mol. The number of nitrogens with one attached hydrogen (secondary N) is 1. The van der Waals surface area contributed by atoms with Crippen LogP contribution in [-0.2, 0) is 0 Å². The summed E-state index contributed by atoms with van der Waals surface area (Å²) in [5.41, 5.74) is 1.72. The number of amides is 1. The maximum Gasteiger partial charge on any atom is 0.260 e. The third kappa shape index (κ3) is 2.56. The summed E-state index contributed by atoms with van der Waals surface area (Å²) in [5, 5.41) is 2.91. The lowest BCUT2D eigenvalue weighted by atomic mass is 10.1. The second kappa shape index (κ2) is 6.33. The van der Waals surface area contributed by atoms with Crippen molar-refractivity contribution in [3.05, 3.63) is 41.2 Å². The van der Waals surface area contributed by atoms with Crippen LogP contribution in [0.3, 0.4) is 0 Å². The normalized spacial score (nSPS) is 17.6. The number of methoxy groups -OCH3 is 1. The van der Waals surface area contributed by atoms with Crippen LogP contribution in [0.25, 0.3) is 0 Å². The number of hydrogen-bond acceptors (Lipinski definition) is 6. The van der Waals surface area contributed by atoms with Crippen molar-refractivity contribution in [1.82, 2.24) is 4.90 Å². The van der Waals surface area contributed by atoms with Crippen LogP contribution < -0.4 is 10.1 Å². The molecule has 0 fully saturated rings. The van der Waals surface area contributed by atoms with Crippen molar-refractivity contribution in [1.29, 1.82) is 0 Å². The highest BCUT2D eigenvalue weighted by molar-refractivity contribution is 6.20. The summed E-state index contributed by atoms with van der Waals surface area (Å²) >= 11 is 0. The van der Waals surface area contributed by atoms with Gasteiger partial charge in [-0.25, -0.2) is 4.99 Å². The Bertz CT molecular complexity index is 929. The first-order valence-corrected chi connectivity index (χ1v) is 8.59. The number of amidine groups is 1. The van der Waals surface area contributed by atoms with Crippen molar-refractivity contribution in [2.24, 2.45) is 9.98 Å². The van der Waals surface area contributed by atoms with E-state index in [2.05, 4.69) is 17.2 Å². The quantitative estimate of drug-likeness (QED) is 0.915. The number of fused-ring (bicyclic) bond motifs is 3. The monoisotopic (exact) mass is 352 g/mol. The number of hydrogen-bond donors (Lipinski definition) is 1. The molecule has 0 radical (unpaired) electrons. The first-order chi connectivity index (χ1) is 12.6. The minimum atomic E-state index is -0.267. The second-order valence-electron chi connectivity index (χ2n) is 6.28.